The zero-order chi connectivity index (χ0) is 13.7. The molecule has 1 aromatic rings. The Labute approximate surface area is 113 Å². The minimum absolute atomic E-state index is 0.253. The van der Waals surface area contributed by atoms with Crippen molar-refractivity contribution < 1.29 is 19.0 Å². The molecular weight excluding hydrogens is 244 g/mol. The van der Waals surface area contributed by atoms with Gasteiger partial charge in [0.05, 0.1) is 13.2 Å². The first kappa shape index (κ1) is 13.6. The van der Waals surface area contributed by atoms with Crippen LogP contribution in [0.2, 0.25) is 0 Å². The van der Waals surface area contributed by atoms with Gasteiger partial charge in [-0.2, -0.15) is 0 Å². The quantitative estimate of drug-likeness (QED) is 0.448. The number of ether oxygens (including phenoxy) is 3. The number of hydrogen-bond acceptors (Lipinski definition) is 4. The Morgan fingerprint density at radius 1 is 1.53 bits per heavy atom. The van der Waals surface area contributed by atoms with Gasteiger partial charge in [-0.3, -0.25) is 0 Å². The number of epoxide rings is 1. The molecule has 0 radical (unpaired) electrons. The molecule has 1 unspecified atom stereocenters. The monoisotopic (exact) mass is 262 g/mol. The molecule has 0 bridgehead atoms. The lowest BCUT2D eigenvalue weighted by Crippen LogP contribution is -2.05. The summed E-state index contributed by atoms with van der Waals surface area (Å²) in [4.78, 5) is 11.2. The molecule has 0 saturated carbocycles. The molecule has 0 N–H and O–H groups in total. The van der Waals surface area contributed by atoms with Crippen molar-refractivity contribution in [2.45, 2.75) is 20.0 Å². The SMILES string of the molecule is CCOC(=O)/C=C/c1ccc(OCC2CO2)c(C)c1. The molecular formula is C15H18O4. The Morgan fingerprint density at radius 3 is 2.95 bits per heavy atom. The molecule has 19 heavy (non-hydrogen) atoms. The highest BCUT2D eigenvalue weighted by Crippen LogP contribution is 2.21. The van der Waals surface area contributed by atoms with Crippen LogP contribution in [0.25, 0.3) is 6.08 Å². The number of benzene rings is 1. The van der Waals surface area contributed by atoms with Crippen molar-refractivity contribution in [1.29, 1.82) is 0 Å². The molecule has 1 aliphatic rings. The van der Waals surface area contributed by atoms with Gasteiger partial charge in [-0.1, -0.05) is 6.07 Å². The molecule has 0 aliphatic carbocycles. The van der Waals surface area contributed by atoms with Gasteiger partial charge in [0.1, 0.15) is 18.5 Å². The molecule has 1 fully saturated rings. The van der Waals surface area contributed by atoms with Crippen LogP contribution in [-0.2, 0) is 14.3 Å². The van der Waals surface area contributed by atoms with Crippen LogP contribution in [0.15, 0.2) is 24.3 Å². The Morgan fingerprint density at radius 2 is 2.32 bits per heavy atom. The highest BCUT2D eigenvalue weighted by atomic mass is 16.6. The average Bonchev–Trinajstić information content (AvgIpc) is 3.20. The third kappa shape index (κ3) is 4.41. The Balaban J connectivity index is 1.94. The van der Waals surface area contributed by atoms with Crippen LogP contribution in [0.1, 0.15) is 18.1 Å². The summed E-state index contributed by atoms with van der Waals surface area (Å²) in [5.41, 5.74) is 1.98. The summed E-state index contributed by atoms with van der Waals surface area (Å²) in [7, 11) is 0. The highest BCUT2D eigenvalue weighted by Gasteiger charge is 2.23. The number of rotatable bonds is 6. The fourth-order valence-electron chi connectivity index (χ4n) is 1.64. The van der Waals surface area contributed by atoms with Crippen LogP contribution in [0.3, 0.4) is 0 Å². The molecule has 1 saturated heterocycles. The maximum absolute atomic E-state index is 11.2. The van der Waals surface area contributed by atoms with E-state index in [9.17, 15) is 4.79 Å². The summed E-state index contributed by atoms with van der Waals surface area (Å²) in [6, 6.07) is 5.78. The van der Waals surface area contributed by atoms with E-state index in [1.807, 2.05) is 25.1 Å². The Bertz CT molecular complexity index is 475. The van der Waals surface area contributed by atoms with E-state index in [1.54, 1.807) is 13.0 Å². The van der Waals surface area contributed by atoms with Crippen molar-refractivity contribution in [2.75, 3.05) is 19.8 Å². The summed E-state index contributed by atoms with van der Waals surface area (Å²) in [5, 5.41) is 0. The van der Waals surface area contributed by atoms with Gasteiger partial charge in [0.25, 0.3) is 0 Å². The van der Waals surface area contributed by atoms with E-state index in [1.165, 1.54) is 6.08 Å². The van der Waals surface area contributed by atoms with Gasteiger partial charge in [0.2, 0.25) is 0 Å². The van der Waals surface area contributed by atoms with E-state index in [0.29, 0.717) is 13.2 Å². The fourth-order valence-corrected chi connectivity index (χ4v) is 1.64. The van der Waals surface area contributed by atoms with Crippen LogP contribution < -0.4 is 4.74 Å². The number of aryl methyl sites for hydroxylation is 1. The van der Waals surface area contributed by atoms with Gasteiger partial charge < -0.3 is 14.2 Å². The molecule has 102 valence electrons. The average molecular weight is 262 g/mol. The highest BCUT2D eigenvalue weighted by molar-refractivity contribution is 5.87. The lowest BCUT2D eigenvalue weighted by molar-refractivity contribution is -0.137. The van der Waals surface area contributed by atoms with Crippen molar-refractivity contribution in [3.8, 4) is 5.75 Å². The summed E-state index contributed by atoms with van der Waals surface area (Å²) < 4.78 is 15.6. The topological polar surface area (TPSA) is 48.1 Å². The Hall–Kier alpha value is -1.81. The second kappa shape index (κ2) is 6.38. The zero-order valence-electron chi connectivity index (χ0n) is 11.2. The van der Waals surface area contributed by atoms with Gasteiger partial charge in [-0.25, -0.2) is 4.79 Å². The largest absolute Gasteiger partial charge is 0.491 e. The molecule has 1 heterocycles. The predicted octanol–water partition coefficient (Wildman–Crippen LogP) is 2.35. The maximum atomic E-state index is 11.2. The van der Waals surface area contributed by atoms with Crippen molar-refractivity contribution in [2.24, 2.45) is 0 Å². The van der Waals surface area contributed by atoms with Crippen molar-refractivity contribution in [1.82, 2.24) is 0 Å². The van der Waals surface area contributed by atoms with Crippen molar-refractivity contribution in [3.63, 3.8) is 0 Å². The van der Waals surface area contributed by atoms with Crippen LogP contribution >= 0.6 is 0 Å². The minimum Gasteiger partial charge on any atom is -0.491 e. The molecule has 1 aliphatic heterocycles. The maximum Gasteiger partial charge on any atom is 0.330 e. The molecule has 0 spiro atoms. The second-order valence-corrected chi connectivity index (χ2v) is 4.38. The van der Waals surface area contributed by atoms with E-state index >= 15 is 0 Å². The van der Waals surface area contributed by atoms with E-state index in [2.05, 4.69) is 0 Å². The summed E-state index contributed by atoms with van der Waals surface area (Å²) in [5.74, 6) is 0.523. The third-order valence-electron chi connectivity index (χ3n) is 2.72. The number of carbonyl (C=O) groups is 1. The van der Waals surface area contributed by atoms with Crippen LogP contribution in [0.4, 0.5) is 0 Å². The van der Waals surface area contributed by atoms with Crippen molar-refractivity contribution >= 4 is 12.0 Å². The number of hydrogen-bond donors (Lipinski definition) is 0. The first-order valence-corrected chi connectivity index (χ1v) is 6.39. The molecule has 4 nitrogen and oxygen atoms in total. The Kier molecular flexibility index (Phi) is 4.58. The summed E-state index contributed by atoms with van der Waals surface area (Å²) in [6.45, 7) is 5.53. The first-order valence-electron chi connectivity index (χ1n) is 6.39. The summed E-state index contributed by atoms with van der Waals surface area (Å²) in [6.07, 6.45) is 3.41. The fraction of sp³-hybridized carbons (Fsp3) is 0.400. The van der Waals surface area contributed by atoms with Crippen LogP contribution in [-0.4, -0.2) is 31.9 Å². The van der Waals surface area contributed by atoms with E-state index < -0.39 is 0 Å². The number of esters is 1. The lowest BCUT2D eigenvalue weighted by Gasteiger charge is -2.08. The van der Waals surface area contributed by atoms with Crippen molar-refractivity contribution in [3.05, 3.63) is 35.4 Å². The van der Waals surface area contributed by atoms with Gasteiger partial charge in [-0.05, 0) is 43.2 Å². The van der Waals surface area contributed by atoms with E-state index in [-0.39, 0.29) is 12.1 Å². The molecule has 4 heteroatoms. The second-order valence-electron chi connectivity index (χ2n) is 4.38. The third-order valence-corrected chi connectivity index (χ3v) is 2.72. The smallest absolute Gasteiger partial charge is 0.330 e. The van der Waals surface area contributed by atoms with E-state index in [4.69, 9.17) is 14.2 Å². The molecule has 0 amide bonds. The first-order chi connectivity index (χ1) is 9.19. The van der Waals surface area contributed by atoms with Gasteiger partial charge in [0, 0.05) is 6.08 Å². The minimum atomic E-state index is -0.327. The molecule has 2 rings (SSSR count). The number of carbonyl (C=O) groups excluding carboxylic acids is 1. The molecule has 0 aromatic heterocycles. The van der Waals surface area contributed by atoms with Gasteiger partial charge >= 0.3 is 5.97 Å². The summed E-state index contributed by atoms with van der Waals surface area (Å²) >= 11 is 0. The molecule has 1 atom stereocenters. The lowest BCUT2D eigenvalue weighted by atomic mass is 10.1. The van der Waals surface area contributed by atoms with Crippen LogP contribution in [0.5, 0.6) is 5.75 Å². The normalized spacial score (nSPS) is 17.5. The zero-order valence-corrected chi connectivity index (χ0v) is 11.2. The van der Waals surface area contributed by atoms with Gasteiger partial charge in [0.15, 0.2) is 0 Å². The molecule has 1 aromatic carbocycles. The van der Waals surface area contributed by atoms with Crippen LogP contribution in [0, 0.1) is 6.92 Å². The van der Waals surface area contributed by atoms with Gasteiger partial charge in [-0.15, -0.1) is 0 Å². The van der Waals surface area contributed by atoms with E-state index in [0.717, 1.165) is 23.5 Å². The standard InChI is InChI=1S/C15H18O4/c1-3-17-15(16)7-5-12-4-6-14(11(2)8-12)19-10-13-9-18-13/h4-8,13H,3,9-10H2,1-2H3/b7-5+. The predicted molar refractivity (Wildman–Crippen MR) is 72.1 cm³/mol.